The number of hydrogen-bond acceptors (Lipinski definition) is 4. The third kappa shape index (κ3) is 4.87. The van der Waals surface area contributed by atoms with Crippen molar-refractivity contribution in [3.63, 3.8) is 0 Å². The third-order valence-electron chi connectivity index (χ3n) is 3.49. The van der Waals surface area contributed by atoms with E-state index in [0.29, 0.717) is 25.6 Å². The van der Waals surface area contributed by atoms with E-state index < -0.39 is 0 Å². The molecule has 2 rings (SSSR count). The summed E-state index contributed by atoms with van der Waals surface area (Å²) < 4.78 is 10.6. The maximum Gasteiger partial charge on any atom is 0.317 e. The van der Waals surface area contributed by atoms with Gasteiger partial charge in [0, 0.05) is 25.4 Å². The van der Waals surface area contributed by atoms with E-state index >= 15 is 0 Å². The summed E-state index contributed by atoms with van der Waals surface area (Å²) in [5, 5.41) is 2.89. The largest absolute Gasteiger partial charge is 0.497 e. The quantitative estimate of drug-likeness (QED) is 0.848. The molecule has 1 aromatic heterocycles. The van der Waals surface area contributed by atoms with Crippen molar-refractivity contribution in [3.8, 4) is 11.6 Å². The Morgan fingerprint density at radius 3 is 2.67 bits per heavy atom. The topological polar surface area (TPSA) is 63.7 Å². The lowest BCUT2D eigenvalue weighted by atomic mass is 10.2. The zero-order valence-electron chi connectivity index (χ0n) is 14.3. The first-order valence-corrected chi connectivity index (χ1v) is 7.82. The van der Waals surface area contributed by atoms with Crippen molar-refractivity contribution < 1.29 is 14.3 Å². The van der Waals surface area contributed by atoms with Gasteiger partial charge < -0.3 is 19.7 Å². The van der Waals surface area contributed by atoms with Crippen molar-refractivity contribution in [2.45, 2.75) is 20.0 Å². The van der Waals surface area contributed by atoms with Gasteiger partial charge in [0.15, 0.2) is 0 Å². The first kappa shape index (κ1) is 17.6. The van der Waals surface area contributed by atoms with Crippen LogP contribution in [0.3, 0.4) is 0 Å². The zero-order valence-corrected chi connectivity index (χ0v) is 14.3. The number of carbonyl (C=O) groups excluding carboxylic acids is 1. The average Bonchev–Trinajstić information content (AvgIpc) is 2.62. The van der Waals surface area contributed by atoms with Crippen molar-refractivity contribution in [1.29, 1.82) is 0 Å². The monoisotopic (exact) mass is 329 g/mol. The van der Waals surface area contributed by atoms with E-state index in [1.165, 1.54) is 0 Å². The van der Waals surface area contributed by atoms with Crippen molar-refractivity contribution in [2.24, 2.45) is 0 Å². The summed E-state index contributed by atoms with van der Waals surface area (Å²) in [6.07, 6.45) is 1.68. The lowest BCUT2D eigenvalue weighted by Crippen LogP contribution is -2.36. The number of methoxy groups -OCH3 is 1. The van der Waals surface area contributed by atoms with E-state index in [1.807, 2.05) is 43.3 Å². The van der Waals surface area contributed by atoms with Gasteiger partial charge in [-0.05, 0) is 30.7 Å². The van der Waals surface area contributed by atoms with Crippen LogP contribution in [-0.2, 0) is 13.1 Å². The van der Waals surface area contributed by atoms with Crippen LogP contribution >= 0.6 is 0 Å². The van der Waals surface area contributed by atoms with Gasteiger partial charge in [0.2, 0.25) is 5.88 Å². The summed E-state index contributed by atoms with van der Waals surface area (Å²) >= 11 is 0. The summed E-state index contributed by atoms with van der Waals surface area (Å²) in [6, 6.07) is 11.2. The fourth-order valence-electron chi connectivity index (χ4n) is 2.19. The number of benzene rings is 1. The fourth-order valence-corrected chi connectivity index (χ4v) is 2.19. The Bertz CT molecular complexity index is 659. The van der Waals surface area contributed by atoms with Crippen molar-refractivity contribution in [1.82, 2.24) is 15.2 Å². The molecule has 0 aliphatic carbocycles. The zero-order chi connectivity index (χ0) is 17.4. The van der Waals surface area contributed by atoms with E-state index in [4.69, 9.17) is 9.47 Å². The maximum absolute atomic E-state index is 12.2. The number of ether oxygens (including phenoxy) is 2. The standard InChI is InChI=1S/C18H23N3O3/c1-4-24-17-15(6-5-11-19-17)13-21(2)18(22)20-12-14-7-9-16(23-3)10-8-14/h5-11H,4,12-13H2,1-3H3,(H,20,22). The van der Waals surface area contributed by atoms with Gasteiger partial charge in [0.1, 0.15) is 5.75 Å². The molecular weight excluding hydrogens is 306 g/mol. The van der Waals surface area contributed by atoms with Gasteiger partial charge >= 0.3 is 6.03 Å². The van der Waals surface area contributed by atoms with E-state index in [-0.39, 0.29) is 6.03 Å². The molecule has 1 N–H and O–H groups in total. The molecule has 2 aromatic rings. The SMILES string of the molecule is CCOc1ncccc1CN(C)C(=O)NCc1ccc(OC)cc1. The summed E-state index contributed by atoms with van der Waals surface area (Å²) in [5.74, 6) is 1.36. The second-order valence-corrected chi connectivity index (χ2v) is 5.26. The van der Waals surface area contributed by atoms with Crippen LogP contribution in [0.25, 0.3) is 0 Å². The van der Waals surface area contributed by atoms with E-state index in [2.05, 4.69) is 10.3 Å². The molecule has 0 fully saturated rings. The van der Waals surface area contributed by atoms with E-state index in [0.717, 1.165) is 16.9 Å². The molecule has 0 unspecified atom stereocenters. The van der Waals surface area contributed by atoms with Crippen LogP contribution in [0.2, 0.25) is 0 Å². The molecule has 0 spiro atoms. The van der Waals surface area contributed by atoms with Gasteiger partial charge in [-0.25, -0.2) is 9.78 Å². The number of nitrogens with one attached hydrogen (secondary N) is 1. The van der Waals surface area contributed by atoms with Gasteiger partial charge in [-0.15, -0.1) is 0 Å². The first-order valence-electron chi connectivity index (χ1n) is 7.82. The number of pyridine rings is 1. The van der Waals surface area contributed by atoms with Crippen molar-refractivity contribution >= 4 is 6.03 Å². The smallest absolute Gasteiger partial charge is 0.317 e. The van der Waals surface area contributed by atoms with Crippen LogP contribution in [-0.4, -0.2) is 36.7 Å². The molecule has 0 atom stereocenters. The number of carbonyl (C=O) groups is 1. The van der Waals surface area contributed by atoms with Crippen LogP contribution < -0.4 is 14.8 Å². The minimum Gasteiger partial charge on any atom is -0.497 e. The molecule has 6 nitrogen and oxygen atoms in total. The highest BCUT2D eigenvalue weighted by molar-refractivity contribution is 5.73. The number of urea groups is 1. The Morgan fingerprint density at radius 1 is 1.25 bits per heavy atom. The maximum atomic E-state index is 12.2. The summed E-state index contributed by atoms with van der Waals surface area (Å²) in [4.78, 5) is 18.0. The van der Waals surface area contributed by atoms with Crippen LogP contribution in [0, 0.1) is 0 Å². The molecular formula is C18H23N3O3. The lowest BCUT2D eigenvalue weighted by Gasteiger charge is -2.19. The molecule has 6 heteroatoms. The summed E-state index contributed by atoms with van der Waals surface area (Å²) in [6.45, 7) is 3.33. The minimum atomic E-state index is -0.155. The molecule has 1 heterocycles. The number of rotatable bonds is 7. The normalized spacial score (nSPS) is 10.1. The van der Waals surface area contributed by atoms with Crippen LogP contribution in [0.1, 0.15) is 18.1 Å². The van der Waals surface area contributed by atoms with Crippen molar-refractivity contribution in [2.75, 3.05) is 20.8 Å². The molecule has 1 aromatic carbocycles. The molecule has 0 aliphatic heterocycles. The Hall–Kier alpha value is -2.76. The van der Waals surface area contributed by atoms with Gasteiger partial charge in [0.25, 0.3) is 0 Å². The number of aromatic nitrogens is 1. The third-order valence-corrected chi connectivity index (χ3v) is 3.49. The number of amides is 2. The second kappa shape index (κ2) is 8.76. The first-order chi connectivity index (χ1) is 11.6. The van der Waals surface area contributed by atoms with E-state index in [9.17, 15) is 4.79 Å². The minimum absolute atomic E-state index is 0.155. The molecule has 0 bridgehead atoms. The Balaban J connectivity index is 1.90. The molecule has 0 saturated carbocycles. The molecule has 128 valence electrons. The molecule has 24 heavy (non-hydrogen) atoms. The summed E-state index contributed by atoms with van der Waals surface area (Å²) in [7, 11) is 3.37. The van der Waals surface area contributed by atoms with Gasteiger partial charge in [-0.2, -0.15) is 0 Å². The van der Waals surface area contributed by atoms with Gasteiger partial charge in [-0.3, -0.25) is 0 Å². The highest BCUT2D eigenvalue weighted by Crippen LogP contribution is 2.16. The predicted molar refractivity (Wildman–Crippen MR) is 92.1 cm³/mol. The molecule has 0 radical (unpaired) electrons. The number of hydrogen-bond donors (Lipinski definition) is 1. The van der Waals surface area contributed by atoms with Gasteiger partial charge in [-0.1, -0.05) is 18.2 Å². The highest BCUT2D eigenvalue weighted by Gasteiger charge is 2.12. The fraction of sp³-hybridized carbons (Fsp3) is 0.333. The van der Waals surface area contributed by atoms with Crippen LogP contribution in [0.4, 0.5) is 4.79 Å². The van der Waals surface area contributed by atoms with Crippen LogP contribution in [0.5, 0.6) is 11.6 Å². The summed E-state index contributed by atoms with van der Waals surface area (Å²) in [5.41, 5.74) is 1.88. The Morgan fingerprint density at radius 2 is 2.00 bits per heavy atom. The van der Waals surface area contributed by atoms with E-state index in [1.54, 1.807) is 25.3 Å². The molecule has 0 aliphatic rings. The van der Waals surface area contributed by atoms with Gasteiger partial charge in [0.05, 0.1) is 20.3 Å². The average molecular weight is 329 g/mol. The Kier molecular flexibility index (Phi) is 6.42. The number of nitrogens with zero attached hydrogens (tertiary/aromatic N) is 2. The van der Waals surface area contributed by atoms with Crippen LogP contribution in [0.15, 0.2) is 42.6 Å². The highest BCUT2D eigenvalue weighted by atomic mass is 16.5. The molecule has 0 saturated heterocycles. The van der Waals surface area contributed by atoms with Crippen molar-refractivity contribution in [3.05, 3.63) is 53.7 Å². The molecule has 2 amide bonds. The lowest BCUT2D eigenvalue weighted by molar-refractivity contribution is 0.205. The predicted octanol–water partition coefficient (Wildman–Crippen LogP) is 2.83. The Labute approximate surface area is 142 Å². The second-order valence-electron chi connectivity index (χ2n) is 5.26.